The van der Waals surface area contributed by atoms with E-state index < -0.39 is 22.4 Å². The van der Waals surface area contributed by atoms with Gasteiger partial charge in [-0.15, -0.1) is 11.8 Å². The first kappa shape index (κ1) is 17.3. The molecule has 23 heavy (non-hydrogen) atoms. The molecule has 0 heterocycles. The molecule has 0 aliphatic heterocycles. The van der Waals surface area contributed by atoms with Crippen LogP contribution in [-0.4, -0.2) is 17.6 Å². The van der Waals surface area contributed by atoms with Crippen molar-refractivity contribution in [3.63, 3.8) is 0 Å². The summed E-state index contributed by atoms with van der Waals surface area (Å²) in [4.78, 5) is 10.0. The number of thioether (sulfide) groups is 1. The summed E-state index contributed by atoms with van der Waals surface area (Å²) >= 11 is 0.544. The van der Waals surface area contributed by atoms with Gasteiger partial charge in [-0.3, -0.25) is 10.1 Å². The van der Waals surface area contributed by atoms with Crippen molar-refractivity contribution in [3.8, 4) is 0 Å². The minimum atomic E-state index is -4.75. The first-order chi connectivity index (χ1) is 10.8. The highest BCUT2D eigenvalue weighted by atomic mass is 32.2. The van der Waals surface area contributed by atoms with Gasteiger partial charge in [0.15, 0.2) is 0 Å². The van der Waals surface area contributed by atoms with Crippen LogP contribution < -0.4 is 0 Å². The normalized spacial score (nSPS) is 14.2. The number of hydrogen-bond acceptors (Lipinski definition) is 3. The van der Waals surface area contributed by atoms with E-state index in [0.717, 1.165) is 0 Å². The Balaban J connectivity index is 2.42. The Bertz CT molecular complexity index is 649. The molecule has 0 amide bonds. The Morgan fingerprint density at radius 1 is 0.957 bits per heavy atom. The third-order valence-corrected chi connectivity index (χ3v) is 4.94. The molecular weight excluding hydrogens is 327 g/mol. The zero-order chi connectivity index (χ0) is 16.9. The molecule has 7 heteroatoms. The molecule has 0 aliphatic carbocycles. The van der Waals surface area contributed by atoms with Gasteiger partial charge < -0.3 is 0 Å². The minimum absolute atomic E-state index is 0.0308. The van der Waals surface area contributed by atoms with Crippen LogP contribution in [0.4, 0.5) is 13.2 Å². The van der Waals surface area contributed by atoms with E-state index in [1.54, 1.807) is 36.4 Å². The Hall–Kier alpha value is -2.02. The molecule has 3 nitrogen and oxygen atoms in total. The van der Waals surface area contributed by atoms with Gasteiger partial charge in [-0.25, -0.2) is 0 Å². The summed E-state index contributed by atoms with van der Waals surface area (Å²) in [7, 11) is 0. The van der Waals surface area contributed by atoms with Crippen molar-refractivity contribution < 1.29 is 18.1 Å². The van der Waals surface area contributed by atoms with Crippen molar-refractivity contribution in [2.45, 2.75) is 16.7 Å². The van der Waals surface area contributed by atoms with Crippen molar-refractivity contribution in [2.24, 2.45) is 0 Å². The molecule has 0 aliphatic rings. The SMILES string of the molecule is O=[N+]([O-])C[C@](SCc1ccccc1)(c1ccccc1)C(F)(F)F. The van der Waals surface area contributed by atoms with Crippen LogP contribution in [0.25, 0.3) is 0 Å². The number of halogens is 3. The highest BCUT2D eigenvalue weighted by Crippen LogP contribution is 2.50. The molecule has 2 aromatic rings. The molecule has 0 N–H and O–H groups in total. The van der Waals surface area contributed by atoms with Crippen LogP contribution in [0.5, 0.6) is 0 Å². The number of nitro groups is 1. The number of rotatable bonds is 6. The summed E-state index contributed by atoms with van der Waals surface area (Å²) in [6.07, 6.45) is -4.75. The molecule has 0 unspecified atom stereocenters. The third-order valence-electron chi connectivity index (χ3n) is 3.38. The maximum absolute atomic E-state index is 13.8. The molecule has 2 aromatic carbocycles. The van der Waals surface area contributed by atoms with E-state index in [1.807, 2.05) is 0 Å². The van der Waals surface area contributed by atoms with Crippen molar-refractivity contribution in [2.75, 3.05) is 6.54 Å². The molecule has 0 saturated heterocycles. The van der Waals surface area contributed by atoms with Crippen molar-refractivity contribution in [1.29, 1.82) is 0 Å². The van der Waals surface area contributed by atoms with E-state index in [-0.39, 0.29) is 11.3 Å². The Morgan fingerprint density at radius 3 is 1.96 bits per heavy atom. The van der Waals surface area contributed by atoms with Gasteiger partial charge in [0.05, 0.1) is 0 Å². The van der Waals surface area contributed by atoms with Gasteiger partial charge in [-0.1, -0.05) is 60.7 Å². The average Bonchev–Trinajstić information content (AvgIpc) is 2.52. The molecule has 122 valence electrons. The largest absolute Gasteiger partial charge is 0.413 e. The summed E-state index contributed by atoms with van der Waals surface area (Å²) < 4.78 is 38.8. The van der Waals surface area contributed by atoms with Crippen molar-refractivity contribution >= 4 is 11.8 Å². The zero-order valence-electron chi connectivity index (χ0n) is 12.0. The second kappa shape index (κ2) is 7.04. The molecule has 2 rings (SSSR count). The molecule has 0 radical (unpaired) electrons. The van der Waals surface area contributed by atoms with Crippen LogP contribution in [0.1, 0.15) is 11.1 Å². The van der Waals surface area contributed by atoms with Crippen molar-refractivity contribution in [3.05, 3.63) is 81.9 Å². The predicted octanol–water partition coefficient (Wildman–Crippen LogP) is 4.65. The molecule has 0 fully saturated rings. The van der Waals surface area contributed by atoms with Crippen LogP contribution in [0, 0.1) is 10.1 Å². The summed E-state index contributed by atoms with van der Waals surface area (Å²) in [5.41, 5.74) is 0.579. The summed E-state index contributed by atoms with van der Waals surface area (Å²) in [6.45, 7) is -1.21. The number of hydrogen-bond donors (Lipinski definition) is 0. The lowest BCUT2D eigenvalue weighted by atomic mass is 9.97. The lowest BCUT2D eigenvalue weighted by Gasteiger charge is -2.32. The third kappa shape index (κ3) is 4.04. The van der Waals surface area contributed by atoms with E-state index in [2.05, 4.69) is 0 Å². The molecule has 0 aromatic heterocycles. The standard InChI is InChI=1S/C16H14F3NO2S/c17-16(18,19)15(12-20(21)22,14-9-5-2-6-10-14)23-11-13-7-3-1-4-8-13/h1-10H,11-12H2/t15-/m0/s1. The van der Waals surface area contributed by atoms with Crippen LogP contribution in [0.15, 0.2) is 60.7 Å². The smallest absolute Gasteiger partial charge is 0.264 e. The van der Waals surface area contributed by atoms with Gasteiger partial charge in [0.2, 0.25) is 11.3 Å². The lowest BCUT2D eigenvalue weighted by molar-refractivity contribution is -0.494. The number of nitrogens with zero attached hydrogens (tertiary/aromatic N) is 1. The van der Waals surface area contributed by atoms with E-state index in [4.69, 9.17) is 0 Å². The van der Waals surface area contributed by atoms with Gasteiger partial charge in [-0.05, 0) is 11.1 Å². The molecule has 0 saturated carbocycles. The van der Waals surface area contributed by atoms with E-state index >= 15 is 0 Å². The Morgan fingerprint density at radius 2 is 1.48 bits per heavy atom. The predicted molar refractivity (Wildman–Crippen MR) is 83.8 cm³/mol. The lowest BCUT2D eigenvalue weighted by Crippen LogP contribution is -2.45. The maximum atomic E-state index is 13.8. The number of benzene rings is 2. The van der Waals surface area contributed by atoms with Crippen molar-refractivity contribution in [1.82, 2.24) is 0 Å². The summed E-state index contributed by atoms with van der Waals surface area (Å²) in [5.74, 6) is 0.0308. The first-order valence-electron chi connectivity index (χ1n) is 6.77. The van der Waals surface area contributed by atoms with Crippen LogP contribution in [-0.2, 0) is 10.5 Å². The molecule has 0 bridgehead atoms. The van der Waals surface area contributed by atoms with E-state index in [1.165, 1.54) is 24.3 Å². The van der Waals surface area contributed by atoms with Gasteiger partial charge in [-0.2, -0.15) is 13.2 Å². The molecular formula is C16H14F3NO2S. The van der Waals surface area contributed by atoms with Gasteiger partial charge in [0.25, 0.3) is 0 Å². The fourth-order valence-corrected chi connectivity index (χ4v) is 3.49. The second-order valence-electron chi connectivity index (χ2n) is 4.96. The maximum Gasteiger partial charge on any atom is 0.413 e. The van der Waals surface area contributed by atoms with E-state index in [9.17, 15) is 23.3 Å². The topological polar surface area (TPSA) is 43.1 Å². The fourth-order valence-electron chi connectivity index (χ4n) is 2.23. The van der Waals surface area contributed by atoms with Crippen LogP contribution >= 0.6 is 11.8 Å². The second-order valence-corrected chi connectivity index (χ2v) is 6.23. The monoisotopic (exact) mass is 341 g/mol. The fraction of sp³-hybridized carbons (Fsp3) is 0.250. The summed E-state index contributed by atoms with van der Waals surface area (Å²) in [6, 6.07) is 15.7. The highest BCUT2D eigenvalue weighted by Gasteiger charge is 2.60. The van der Waals surface area contributed by atoms with Gasteiger partial charge in [0.1, 0.15) is 0 Å². The zero-order valence-corrected chi connectivity index (χ0v) is 12.8. The summed E-state index contributed by atoms with van der Waals surface area (Å²) in [5, 5.41) is 10.9. The van der Waals surface area contributed by atoms with E-state index in [0.29, 0.717) is 17.3 Å². The highest BCUT2D eigenvalue weighted by molar-refractivity contribution is 7.99. The van der Waals surface area contributed by atoms with Crippen LogP contribution in [0.2, 0.25) is 0 Å². The number of alkyl halides is 3. The van der Waals surface area contributed by atoms with Gasteiger partial charge in [0, 0.05) is 10.7 Å². The van der Waals surface area contributed by atoms with Crippen LogP contribution in [0.3, 0.4) is 0 Å². The average molecular weight is 341 g/mol. The molecule has 0 spiro atoms. The minimum Gasteiger partial charge on any atom is -0.264 e. The Kier molecular flexibility index (Phi) is 5.30. The van der Waals surface area contributed by atoms with Gasteiger partial charge >= 0.3 is 6.18 Å². The molecule has 1 atom stereocenters. The Labute approximate surface area is 135 Å². The first-order valence-corrected chi connectivity index (χ1v) is 7.76. The quantitative estimate of drug-likeness (QED) is 0.567.